The molecule has 2 heterocycles. The first-order valence-corrected chi connectivity index (χ1v) is 16.1. The number of halogens is 2. The summed E-state index contributed by atoms with van der Waals surface area (Å²) in [4.78, 5) is 28.7. The second-order valence-electron chi connectivity index (χ2n) is 12.1. The monoisotopic (exact) mass is 701 g/mol. The van der Waals surface area contributed by atoms with Crippen molar-refractivity contribution >= 4 is 27.5 Å². The molecule has 1 unspecified atom stereocenters. The van der Waals surface area contributed by atoms with Crippen LogP contribution in [0.1, 0.15) is 61.4 Å². The Morgan fingerprint density at radius 2 is 1.62 bits per heavy atom. The molecule has 1 spiro atoms. The summed E-state index contributed by atoms with van der Waals surface area (Å²) >= 11 is 3.51. The minimum Gasteiger partial charge on any atom is -0.487 e. The summed E-state index contributed by atoms with van der Waals surface area (Å²) in [5, 5.41) is 4.08. The summed E-state index contributed by atoms with van der Waals surface area (Å²) in [5.41, 5.74) is 1.52. The Morgan fingerprint density at radius 1 is 0.957 bits per heavy atom. The summed E-state index contributed by atoms with van der Waals surface area (Å²) in [6.07, 6.45) is -0.0637. The quantitative estimate of drug-likeness (QED) is 0.137. The molecule has 240 valence electrons. The summed E-state index contributed by atoms with van der Waals surface area (Å²) < 4.78 is 51.6. The average Bonchev–Trinajstić information content (AvgIpc) is 3.72. The fourth-order valence-electron chi connectivity index (χ4n) is 7.37. The Hall–Kier alpha value is -4.32. The minimum absolute atomic E-state index is 0.101. The van der Waals surface area contributed by atoms with Gasteiger partial charge in [0, 0.05) is 37.7 Å². The number of carbonyl (C=O) groups excluding carboxylic acids is 2. The maximum absolute atomic E-state index is 16.5. The molecule has 47 heavy (non-hydrogen) atoms. The van der Waals surface area contributed by atoms with Crippen LogP contribution >= 0.6 is 15.9 Å². The first-order chi connectivity index (χ1) is 22.9. The van der Waals surface area contributed by atoms with Gasteiger partial charge < -0.3 is 28.2 Å². The van der Waals surface area contributed by atoms with Crippen LogP contribution in [0.4, 0.5) is 4.39 Å². The average molecular weight is 703 g/mol. The SMILES string of the molecule is COC(OC)c1c(F)c2c(c(OCc3ccccc3)c1Br)C(=O)C1=C3O[C@]34C(=O)c3c(OCc5ccccc5)noc3C[C@@H]4CC1C2. The number of carbonyl (C=O) groups is 2. The maximum atomic E-state index is 16.5. The normalized spacial score (nSPS) is 22.1. The lowest BCUT2D eigenvalue weighted by molar-refractivity contribution is -0.108. The molecule has 0 N–H and O–H groups in total. The Labute approximate surface area is 277 Å². The van der Waals surface area contributed by atoms with Crippen molar-refractivity contribution in [2.24, 2.45) is 11.8 Å². The molecule has 1 aliphatic heterocycles. The van der Waals surface area contributed by atoms with E-state index < -0.39 is 23.5 Å². The highest BCUT2D eigenvalue weighted by atomic mass is 79.9. The van der Waals surface area contributed by atoms with Gasteiger partial charge in [0.2, 0.25) is 11.4 Å². The number of benzene rings is 3. The Kier molecular flexibility index (Phi) is 7.31. The predicted octanol–water partition coefficient (Wildman–Crippen LogP) is 6.86. The summed E-state index contributed by atoms with van der Waals surface area (Å²) in [7, 11) is 2.83. The largest absolute Gasteiger partial charge is 0.487 e. The van der Waals surface area contributed by atoms with Gasteiger partial charge in [0.05, 0.1) is 15.6 Å². The molecule has 1 saturated heterocycles. The molecule has 3 aliphatic carbocycles. The number of hydrogen-bond donors (Lipinski definition) is 0. The predicted molar refractivity (Wildman–Crippen MR) is 167 cm³/mol. The number of rotatable bonds is 9. The second kappa shape index (κ2) is 11.4. The molecule has 9 nitrogen and oxygen atoms in total. The topological polar surface area (TPSA) is 110 Å². The number of nitrogens with zero attached hydrogens (tertiary/aromatic N) is 1. The number of hydrogen-bond acceptors (Lipinski definition) is 9. The van der Waals surface area contributed by atoms with Gasteiger partial charge in [0.1, 0.15) is 30.3 Å². The van der Waals surface area contributed by atoms with Crippen LogP contribution in [0.3, 0.4) is 0 Å². The van der Waals surface area contributed by atoms with Gasteiger partial charge in [-0.25, -0.2) is 4.39 Å². The van der Waals surface area contributed by atoms with Crippen LogP contribution < -0.4 is 9.47 Å². The summed E-state index contributed by atoms with van der Waals surface area (Å²) in [6, 6.07) is 19.0. The van der Waals surface area contributed by atoms with Crippen molar-refractivity contribution in [3.63, 3.8) is 0 Å². The van der Waals surface area contributed by atoms with Gasteiger partial charge in [0.25, 0.3) is 5.88 Å². The van der Waals surface area contributed by atoms with E-state index in [1.54, 1.807) is 0 Å². The Morgan fingerprint density at radius 3 is 2.28 bits per heavy atom. The molecule has 4 aromatic rings. The van der Waals surface area contributed by atoms with E-state index in [1.165, 1.54) is 14.2 Å². The fourth-order valence-corrected chi connectivity index (χ4v) is 8.04. The molecule has 0 radical (unpaired) electrons. The molecule has 3 aromatic carbocycles. The third-order valence-corrected chi connectivity index (χ3v) is 10.4. The molecule has 0 bridgehead atoms. The highest BCUT2D eigenvalue weighted by molar-refractivity contribution is 9.10. The third-order valence-electron chi connectivity index (χ3n) is 9.58. The number of allylic oxidation sites excluding steroid dienone is 1. The van der Waals surface area contributed by atoms with Crippen molar-refractivity contribution in [3.8, 4) is 11.6 Å². The van der Waals surface area contributed by atoms with Crippen molar-refractivity contribution in [1.29, 1.82) is 0 Å². The molecule has 11 heteroatoms. The minimum atomic E-state index is -1.31. The highest BCUT2D eigenvalue weighted by Crippen LogP contribution is 2.63. The van der Waals surface area contributed by atoms with Crippen molar-refractivity contribution < 1.29 is 42.2 Å². The molecule has 0 amide bonds. The van der Waals surface area contributed by atoms with E-state index in [9.17, 15) is 9.59 Å². The van der Waals surface area contributed by atoms with Crippen LogP contribution in [0.5, 0.6) is 11.6 Å². The van der Waals surface area contributed by atoms with Gasteiger partial charge in [-0.1, -0.05) is 60.7 Å². The van der Waals surface area contributed by atoms with Crippen molar-refractivity contribution in [2.75, 3.05) is 14.2 Å². The molecular formula is C36H29BrFNO8. The van der Waals surface area contributed by atoms with Crippen LogP contribution in [0.15, 0.2) is 81.0 Å². The van der Waals surface area contributed by atoms with Crippen LogP contribution in [0.2, 0.25) is 0 Å². The molecule has 1 fully saturated rings. The Bertz CT molecular complexity index is 1950. The van der Waals surface area contributed by atoms with E-state index in [-0.39, 0.29) is 75.6 Å². The maximum Gasteiger partial charge on any atom is 0.265 e. The van der Waals surface area contributed by atoms with Crippen LogP contribution in [0, 0.1) is 17.7 Å². The molecule has 4 aliphatic rings. The van der Waals surface area contributed by atoms with E-state index >= 15 is 4.39 Å². The summed E-state index contributed by atoms with van der Waals surface area (Å²) in [5.74, 6) is -1.01. The van der Waals surface area contributed by atoms with Crippen LogP contribution in [0.25, 0.3) is 0 Å². The van der Waals surface area contributed by atoms with Gasteiger partial charge >= 0.3 is 0 Å². The molecule has 3 atom stereocenters. The fraction of sp³-hybridized carbons (Fsp3) is 0.306. The lowest BCUT2D eigenvalue weighted by Gasteiger charge is -2.36. The van der Waals surface area contributed by atoms with E-state index in [4.69, 9.17) is 28.2 Å². The van der Waals surface area contributed by atoms with Gasteiger partial charge in [-0.05, 0) is 51.0 Å². The van der Waals surface area contributed by atoms with Crippen molar-refractivity contribution in [3.05, 3.63) is 121 Å². The first-order valence-electron chi connectivity index (χ1n) is 15.3. The zero-order valence-corrected chi connectivity index (χ0v) is 27.1. The molecular weight excluding hydrogens is 673 g/mol. The van der Waals surface area contributed by atoms with Crippen LogP contribution in [-0.2, 0) is 40.3 Å². The van der Waals surface area contributed by atoms with E-state index in [2.05, 4.69) is 21.1 Å². The van der Waals surface area contributed by atoms with Gasteiger partial charge in [0.15, 0.2) is 23.6 Å². The number of epoxide rings is 1. The number of methoxy groups -OCH3 is 2. The van der Waals surface area contributed by atoms with Gasteiger partial charge in [-0.15, -0.1) is 0 Å². The zero-order valence-electron chi connectivity index (χ0n) is 25.5. The zero-order chi connectivity index (χ0) is 32.4. The second-order valence-corrected chi connectivity index (χ2v) is 12.9. The first kappa shape index (κ1) is 30.0. The number of aromatic nitrogens is 1. The third kappa shape index (κ3) is 4.58. The van der Waals surface area contributed by atoms with E-state index in [1.807, 2.05) is 60.7 Å². The van der Waals surface area contributed by atoms with E-state index in [0.29, 0.717) is 29.9 Å². The standard InChI is InChI=1S/C36H29BrFNO8/c1-42-35(43-2)27-28(37)31(44-16-18-9-5-3-6-10-18)25-22(29(27)38)14-20-13-21-15-23-26(32(41)36(21)33(46-36)24(20)30(25)40)34(39-47-23)45-17-19-11-7-4-8-12-19/h3-12,20-21,35H,13-17H2,1-2H3/t20?,21-,36+/m0/s1. The molecule has 0 saturated carbocycles. The van der Waals surface area contributed by atoms with Crippen molar-refractivity contribution in [2.45, 2.75) is 44.4 Å². The number of ether oxygens (including phenoxy) is 5. The number of fused-ring (bicyclic) bond motifs is 3. The summed E-state index contributed by atoms with van der Waals surface area (Å²) in [6.45, 7) is 0.337. The van der Waals surface area contributed by atoms with Gasteiger partial charge in [-0.3, -0.25) is 9.59 Å². The lowest BCUT2D eigenvalue weighted by Crippen LogP contribution is -2.44. The number of Topliss-reactive ketones (excluding diaryl/α,β-unsaturated/α-hetero) is 2. The van der Waals surface area contributed by atoms with E-state index in [0.717, 1.165) is 11.1 Å². The lowest BCUT2D eigenvalue weighted by atomic mass is 9.63. The van der Waals surface area contributed by atoms with Gasteiger partial charge in [-0.2, -0.15) is 0 Å². The highest BCUT2D eigenvalue weighted by Gasteiger charge is 2.72. The molecule has 1 aromatic heterocycles. The van der Waals surface area contributed by atoms with Crippen LogP contribution in [-0.4, -0.2) is 36.5 Å². The molecule has 8 rings (SSSR count). The Balaban J connectivity index is 1.18. The smallest absolute Gasteiger partial charge is 0.265 e. The number of ketones is 2. The van der Waals surface area contributed by atoms with Crippen molar-refractivity contribution in [1.82, 2.24) is 5.16 Å².